The zero-order valence-corrected chi connectivity index (χ0v) is 16.6. The molecule has 0 aliphatic rings. The Bertz CT molecular complexity index is 463. The second-order valence-corrected chi connectivity index (χ2v) is 6.16. The zero-order valence-electron chi connectivity index (χ0n) is 15.0. The van der Waals surface area contributed by atoms with Gasteiger partial charge in [0.1, 0.15) is 0 Å². The molecule has 0 aliphatic heterocycles. The van der Waals surface area contributed by atoms with Gasteiger partial charge in [0.2, 0.25) is 5.75 Å². The van der Waals surface area contributed by atoms with Gasteiger partial charge in [0, 0.05) is 11.9 Å². The van der Waals surface area contributed by atoms with E-state index in [0.717, 1.165) is 36.9 Å². The average Bonchev–Trinajstić information content (AvgIpc) is 2.62. The highest BCUT2D eigenvalue weighted by atomic mass is 79.9. The van der Waals surface area contributed by atoms with Crippen LogP contribution in [0, 0.1) is 0 Å². The van der Waals surface area contributed by atoms with Crippen molar-refractivity contribution in [1.82, 2.24) is 0 Å². The molecule has 5 heteroatoms. The normalized spacial score (nSPS) is 11.0. The van der Waals surface area contributed by atoms with Gasteiger partial charge in [-0.25, -0.2) is 0 Å². The lowest BCUT2D eigenvalue weighted by atomic mass is 10.1. The summed E-state index contributed by atoms with van der Waals surface area (Å²) in [5.74, 6) is 1.94. The summed E-state index contributed by atoms with van der Waals surface area (Å²) in [4.78, 5) is 0. The van der Waals surface area contributed by atoms with E-state index in [4.69, 9.17) is 18.9 Å². The van der Waals surface area contributed by atoms with Crippen LogP contribution in [0.3, 0.4) is 0 Å². The van der Waals surface area contributed by atoms with Gasteiger partial charge in [-0.1, -0.05) is 40.9 Å². The van der Waals surface area contributed by atoms with Gasteiger partial charge in [0.05, 0.1) is 27.9 Å². The van der Waals surface area contributed by atoms with Gasteiger partial charge in [-0.3, -0.25) is 0 Å². The van der Waals surface area contributed by atoms with Crippen molar-refractivity contribution in [2.75, 3.05) is 39.9 Å². The Kier molecular flexibility index (Phi) is 11.4. The number of ether oxygens (including phenoxy) is 4. The predicted octanol–water partition coefficient (Wildman–Crippen LogP) is 5.09. The fraction of sp³-hybridized carbons (Fsp3) is 0.579. The number of benzene rings is 1. The Morgan fingerprint density at radius 1 is 0.875 bits per heavy atom. The zero-order chi connectivity index (χ0) is 17.6. The highest BCUT2D eigenvalue weighted by molar-refractivity contribution is 9.09. The average molecular weight is 401 g/mol. The second-order valence-electron chi connectivity index (χ2n) is 5.37. The largest absolute Gasteiger partial charge is 0.493 e. The maximum Gasteiger partial charge on any atom is 0.203 e. The summed E-state index contributed by atoms with van der Waals surface area (Å²) in [6.07, 6.45) is 9.94. The van der Waals surface area contributed by atoms with E-state index in [0.29, 0.717) is 17.2 Å². The van der Waals surface area contributed by atoms with Crippen LogP contribution in [0.5, 0.6) is 17.2 Å². The smallest absolute Gasteiger partial charge is 0.203 e. The van der Waals surface area contributed by atoms with E-state index in [2.05, 4.69) is 22.0 Å². The van der Waals surface area contributed by atoms with Crippen LogP contribution in [-0.2, 0) is 4.74 Å². The van der Waals surface area contributed by atoms with Crippen LogP contribution in [0.1, 0.15) is 37.7 Å². The summed E-state index contributed by atoms with van der Waals surface area (Å²) < 4.78 is 21.7. The fourth-order valence-corrected chi connectivity index (χ4v) is 2.72. The molecule has 0 unspecified atom stereocenters. The Balaban J connectivity index is 2.37. The quantitative estimate of drug-likeness (QED) is 0.341. The van der Waals surface area contributed by atoms with Crippen molar-refractivity contribution >= 4 is 22.0 Å². The third-order valence-electron chi connectivity index (χ3n) is 3.60. The molecular formula is C19H29BrO4. The molecule has 1 rings (SSSR count). The first kappa shape index (κ1) is 20.8. The number of hydrogen-bond donors (Lipinski definition) is 0. The van der Waals surface area contributed by atoms with Crippen LogP contribution in [0.4, 0.5) is 0 Å². The Morgan fingerprint density at radius 2 is 1.54 bits per heavy atom. The van der Waals surface area contributed by atoms with E-state index in [9.17, 15) is 0 Å². The van der Waals surface area contributed by atoms with E-state index < -0.39 is 0 Å². The first-order chi connectivity index (χ1) is 11.8. The summed E-state index contributed by atoms with van der Waals surface area (Å²) in [5.41, 5.74) is 1.01. The van der Waals surface area contributed by atoms with Crippen LogP contribution in [-0.4, -0.2) is 39.9 Å². The van der Waals surface area contributed by atoms with Gasteiger partial charge in [-0.15, -0.1) is 0 Å². The number of unbranched alkanes of at least 4 members (excludes halogenated alkanes) is 3. The topological polar surface area (TPSA) is 36.9 Å². The van der Waals surface area contributed by atoms with Crippen molar-refractivity contribution in [3.63, 3.8) is 0 Å². The van der Waals surface area contributed by atoms with Crippen LogP contribution in [0.15, 0.2) is 18.2 Å². The van der Waals surface area contributed by atoms with Gasteiger partial charge in [0.25, 0.3) is 0 Å². The first-order valence-electron chi connectivity index (χ1n) is 8.37. The molecule has 0 amide bonds. The number of methoxy groups -OCH3 is 3. The standard InChI is InChI=1S/C19H29BrO4/c1-21-17-14-16(15-18(22-2)19(17)23-3)10-6-9-13-24-12-8-5-4-7-11-20/h6,10,14-15H,4-5,7-9,11-13H2,1-3H3. The minimum absolute atomic E-state index is 0.611. The van der Waals surface area contributed by atoms with Crippen molar-refractivity contribution < 1.29 is 18.9 Å². The minimum Gasteiger partial charge on any atom is -0.493 e. The number of alkyl halides is 1. The molecule has 1 aromatic carbocycles. The van der Waals surface area contributed by atoms with Crippen molar-refractivity contribution in [3.8, 4) is 17.2 Å². The maximum atomic E-state index is 5.65. The molecular weight excluding hydrogens is 372 g/mol. The van der Waals surface area contributed by atoms with Crippen molar-refractivity contribution in [3.05, 3.63) is 23.8 Å². The monoisotopic (exact) mass is 400 g/mol. The maximum absolute atomic E-state index is 5.65. The van der Waals surface area contributed by atoms with Crippen molar-refractivity contribution in [2.24, 2.45) is 0 Å². The molecule has 0 aliphatic carbocycles. The summed E-state index contributed by atoms with van der Waals surface area (Å²) in [6, 6.07) is 3.87. The first-order valence-corrected chi connectivity index (χ1v) is 9.49. The van der Waals surface area contributed by atoms with Gasteiger partial charge in [0.15, 0.2) is 11.5 Å². The molecule has 0 radical (unpaired) electrons. The molecule has 4 nitrogen and oxygen atoms in total. The molecule has 0 N–H and O–H groups in total. The van der Waals surface area contributed by atoms with E-state index in [1.807, 2.05) is 18.2 Å². The highest BCUT2D eigenvalue weighted by Crippen LogP contribution is 2.38. The van der Waals surface area contributed by atoms with E-state index in [-0.39, 0.29) is 0 Å². The second kappa shape index (κ2) is 13.1. The van der Waals surface area contributed by atoms with Gasteiger partial charge < -0.3 is 18.9 Å². The lowest BCUT2D eigenvalue weighted by Gasteiger charge is -2.12. The summed E-state index contributed by atoms with van der Waals surface area (Å²) in [5, 5.41) is 1.10. The lowest BCUT2D eigenvalue weighted by molar-refractivity contribution is 0.134. The highest BCUT2D eigenvalue weighted by Gasteiger charge is 2.11. The molecule has 0 atom stereocenters. The number of hydrogen-bond acceptors (Lipinski definition) is 4. The summed E-state index contributed by atoms with van der Waals surface area (Å²) >= 11 is 3.44. The fourth-order valence-electron chi connectivity index (χ4n) is 2.32. The van der Waals surface area contributed by atoms with Crippen LogP contribution < -0.4 is 14.2 Å². The third kappa shape index (κ3) is 7.58. The molecule has 0 spiro atoms. The molecule has 0 bridgehead atoms. The van der Waals surface area contributed by atoms with Crippen molar-refractivity contribution in [1.29, 1.82) is 0 Å². The van der Waals surface area contributed by atoms with Gasteiger partial charge >= 0.3 is 0 Å². The van der Waals surface area contributed by atoms with Crippen LogP contribution in [0.25, 0.3) is 6.08 Å². The molecule has 0 aromatic heterocycles. The number of rotatable bonds is 13. The van der Waals surface area contributed by atoms with E-state index in [1.165, 1.54) is 19.3 Å². The van der Waals surface area contributed by atoms with Crippen molar-refractivity contribution in [2.45, 2.75) is 32.1 Å². The SMILES string of the molecule is COc1cc(C=CCCOCCCCCCBr)cc(OC)c1OC. The molecule has 0 saturated heterocycles. The van der Waals surface area contributed by atoms with Crippen LogP contribution in [0.2, 0.25) is 0 Å². The molecule has 24 heavy (non-hydrogen) atoms. The molecule has 0 saturated carbocycles. The van der Waals surface area contributed by atoms with E-state index in [1.54, 1.807) is 21.3 Å². The molecule has 0 heterocycles. The Morgan fingerprint density at radius 3 is 2.12 bits per heavy atom. The molecule has 1 aromatic rings. The van der Waals surface area contributed by atoms with E-state index >= 15 is 0 Å². The third-order valence-corrected chi connectivity index (χ3v) is 4.16. The Labute approximate surface area is 154 Å². The number of halogens is 1. The lowest BCUT2D eigenvalue weighted by Crippen LogP contribution is -1.96. The molecule has 0 fully saturated rings. The van der Waals surface area contributed by atoms with Gasteiger partial charge in [-0.05, 0) is 37.0 Å². The molecule has 136 valence electrons. The minimum atomic E-state index is 0.611. The summed E-state index contributed by atoms with van der Waals surface area (Å²) in [7, 11) is 4.85. The summed E-state index contributed by atoms with van der Waals surface area (Å²) in [6.45, 7) is 1.60. The predicted molar refractivity (Wildman–Crippen MR) is 103 cm³/mol. The van der Waals surface area contributed by atoms with Gasteiger partial charge in [-0.2, -0.15) is 0 Å². The van der Waals surface area contributed by atoms with Crippen LogP contribution >= 0.6 is 15.9 Å². The Hall–Kier alpha value is -1.20.